The van der Waals surface area contributed by atoms with E-state index in [1.54, 1.807) is 7.05 Å². The molecule has 0 spiro atoms. The number of nitrogens with one attached hydrogen (secondary N) is 2. The van der Waals surface area contributed by atoms with Crippen molar-refractivity contribution in [3.05, 3.63) is 36.1 Å². The summed E-state index contributed by atoms with van der Waals surface area (Å²) in [4.78, 5) is 18.3. The van der Waals surface area contributed by atoms with E-state index in [0.717, 1.165) is 42.2 Å². The smallest absolute Gasteiger partial charge is 0.225 e. The fourth-order valence-corrected chi connectivity index (χ4v) is 3.13. The zero-order chi connectivity index (χ0) is 17.8. The average Bonchev–Trinajstić information content (AvgIpc) is 3.24. The number of hydrogen-bond donors (Lipinski definition) is 2. The quantitative estimate of drug-likeness (QED) is 0.410. The van der Waals surface area contributed by atoms with Crippen LogP contribution in [0.2, 0.25) is 0 Å². The van der Waals surface area contributed by atoms with Crippen molar-refractivity contribution in [1.82, 2.24) is 15.5 Å². The fraction of sp³-hybridized carbons (Fsp3) is 0.474. The van der Waals surface area contributed by atoms with Crippen LogP contribution in [0, 0.1) is 5.92 Å². The lowest BCUT2D eigenvalue weighted by atomic mass is 10.2. The van der Waals surface area contributed by atoms with Crippen LogP contribution in [0.15, 0.2) is 39.7 Å². The number of rotatable bonds is 4. The molecular weight excluding hydrogens is 443 g/mol. The first-order valence-electron chi connectivity index (χ1n) is 8.80. The Bertz CT molecular complexity index is 739. The summed E-state index contributed by atoms with van der Waals surface area (Å²) in [5.41, 5.74) is 0.890. The molecule has 1 fully saturated rings. The highest BCUT2D eigenvalue weighted by Crippen LogP contribution is 2.18. The van der Waals surface area contributed by atoms with Gasteiger partial charge in [-0.25, -0.2) is 0 Å². The number of fused-ring (bicyclic) bond motifs is 1. The molecule has 1 atom stereocenters. The van der Waals surface area contributed by atoms with Crippen LogP contribution in [0.1, 0.15) is 26.0 Å². The number of furan rings is 1. The molecule has 1 aromatic carbocycles. The molecule has 0 saturated carbocycles. The van der Waals surface area contributed by atoms with Crippen molar-refractivity contribution < 1.29 is 9.21 Å². The molecule has 1 saturated heterocycles. The summed E-state index contributed by atoms with van der Waals surface area (Å²) >= 11 is 0. The van der Waals surface area contributed by atoms with Gasteiger partial charge in [0.2, 0.25) is 5.91 Å². The van der Waals surface area contributed by atoms with Crippen LogP contribution in [-0.4, -0.2) is 42.9 Å². The van der Waals surface area contributed by atoms with E-state index in [2.05, 4.69) is 15.6 Å². The first-order chi connectivity index (χ1) is 12.1. The van der Waals surface area contributed by atoms with Crippen molar-refractivity contribution in [3.63, 3.8) is 0 Å². The maximum atomic E-state index is 12.1. The van der Waals surface area contributed by atoms with Crippen LogP contribution in [-0.2, 0) is 11.3 Å². The van der Waals surface area contributed by atoms with E-state index < -0.39 is 0 Å². The molecule has 7 heteroatoms. The van der Waals surface area contributed by atoms with Gasteiger partial charge in [0.1, 0.15) is 11.3 Å². The number of aliphatic imine (C=N–C) groups is 1. The molecule has 6 nitrogen and oxygen atoms in total. The van der Waals surface area contributed by atoms with Gasteiger partial charge in [-0.05, 0) is 18.6 Å². The van der Waals surface area contributed by atoms with Crippen LogP contribution < -0.4 is 10.6 Å². The van der Waals surface area contributed by atoms with Crippen molar-refractivity contribution in [3.8, 4) is 0 Å². The highest BCUT2D eigenvalue weighted by molar-refractivity contribution is 14.0. The third-order valence-corrected chi connectivity index (χ3v) is 4.46. The molecule has 0 aliphatic carbocycles. The van der Waals surface area contributed by atoms with Gasteiger partial charge in [-0.15, -0.1) is 24.0 Å². The lowest BCUT2D eigenvalue weighted by Crippen LogP contribution is -2.45. The number of hydrogen-bond acceptors (Lipinski definition) is 3. The highest BCUT2D eigenvalue weighted by Gasteiger charge is 2.27. The van der Waals surface area contributed by atoms with Crippen molar-refractivity contribution in [2.75, 3.05) is 20.1 Å². The van der Waals surface area contributed by atoms with E-state index in [-0.39, 0.29) is 41.8 Å². The monoisotopic (exact) mass is 470 g/mol. The summed E-state index contributed by atoms with van der Waals surface area (Å²) in [6.07, 6.45) is 0.934. The fourth-order valence-electron chi connectivity index (χ4n) is 3.13. The Morgan fingerprint density at radius 3 is 2.85 bits per heavy atom. The summed E-state index contributed by atoms with van der Waals surface area (Å²) in [7, 11) is 1.75. The topological polar surface area (TPSA) is 69.9 Å². The third kappa shape index (κ3) is 4.90. The van der Waals surface area contributed by atoms with Crippen LogP contribution >= 0.6 is 24.0 Å². The number of carbonyl (C=O) groups is 1. The summed E-state index contributed by atoms with van der Waals surface area (Å²) in [6, 6.07) is 10.2. The zero-order valence-corrected chi connectivity index (χ0v) is 17.8. The minimum atomic E-state index is 0. The van der Waals surface area contributed by atoms with Gasteiger partial charge in [-0.3, -0.25) is 9.79 Å². The van der Waals surface area contributed by atoms with E-state index in [1.165, 1.54) is 0 Å². The molecule has 2 N–H and O–H groups in total. The second kappa shape index (κ2) is 9.25. The van der Waals surface area contributed by atoms with Crippen LogP contribution in [0.4, 0.5) is 0 Å². The molecule has 2 heterocycles. The molecular formula is C19H27IN4O2. The lowest BCUT2D eigenvalue weighted by Gasteiger charge is -2.20. The number of amides is 1. The highest BCUT2D eigenvalue weighted by atomic mass is 127. The minimum Gasteiger partial charge on any atom is -0.459 e. The van der Waals surface area contributed by atoms with Gasteiger partial charge in [0.15, 0.2) is 5.96 Å². The van der Waals surface area contributed by atoms with Crippen molar-refractivity contribution >= 4 is 46.8 Å². The Morgan fingerprint density at radius 1 is 1.38 bits per heavy atom. The number of guanidine groups is 1. The van der Waals surface area contributed by atoms with E-state index in [1.807, 2.05) is 49.1 Å². The molecule has 1 amide bonds. The molecule has 0 bridgehead atoms. The number of nitrogens with zero attached hydrogens (tertiary/aromatic N) is 2. The van der Waals surface area contributed by atoms with Crippen molar-refractivity contribution in [1.29, 1.82) is 0 Å². The summed E-state index contributed by atoms with van der Waals surface area (Å²) < 4.78 is 5.81. The number of likely N-dealkylation sites (tertiary alicyclic amines) is 1. The average molecular weight is 470 g/mol. The molecule has 3 rings (SSSR count). The second-order valence-corrected chi connectivity index (χ2v) is 6.75. The molecule has 1 aliphatic heterocycles. The first-order valence-corrected chi connectivity index (χ1v) is 8.80. The van der Waals surface area contributed by atoms with Gasteiger partial charge < -0.3 is 20.0 Å². The maximum absolute atomic E-state index is 12.1. The van der Waals surface area contributed by atoms with E-state index in [9.17, 15) is 4.79 Å². The van der Waals surface area contributed by atoms with Crippen LogP contribution in [0.3, 0.4) is 0 Å². The Kier molecular flexibility index (Phi) is 7.31. The van der Waals surface area contributed by atoms with Gasteiger partial charge in [0.25, 0.3) is 0 Å². The number of para-hydroxylation sites is 1. The lowest BCUT2D eigenvalue weighted by molar-refractivity contribution is -0.133. The molecule has 0 radical (unpaired) electrons. The Balaban J connectivity index is 0.00000243. The van der Waals surface area contributed by atoms with Gasteiger partial charge in [-0.2, -0.15) is 0 Å². The van der Waals surface area contributed by atoms with Crippen LogP contribution in [0.25, 0.3) is 11.0 Å². The molecule has 26 heavy (non-hydrogen) atoms. The number of benzene rings is 1. The van der Waals surface area contributed by atoms with Crippen molar-refractivity contribution in [2.45, 2.75) is 32.9 Å². The van der Waals surface area contributed by atoms with E-state index >= 15 is 0 Å². The predicted molar refractivity (Wildman–Crippen MR) is 115 cm³/mol. The Hall–Kier alpha value is -1.77. The first kappa shape index (κ1) is 20.5. The third-order valence-electron chi connectivity index (χ3n) is 4.46. The molecule has 2 aromatic rings. The largest absolute Gasteiger partial charge is 0.459 e. The number of halogens is 1. The Labute approximate surface area is 171 Å². The molecule has 1 aliphatic rings. The standard InChI is InChI=1S/C19H26N4O2.HI/c1-13(2)18(24)23-9-8-15(12-23)22-19(20-3)21-11-16-10-14-6-4-5-7-17(14)25-16;/h4-7,10,13,15H,8-9,11-12H2,1-3H3,(H2,20,21,22);1H. The predicted octanol–water partition coefficient (Wildman–Crippen LogP) is 2.97. The SMILES string of the molecule is CN=C(NCc1cc2ccccc2o1)NC1CCN(C(=O)C(C)C)C1.I. The maximum Gasteiger partial charge on any atom is 0.225 e. The second-order valence-electron chi connectivity index (χ2n) is 6.75. The Morgan fingerprint density at radius 2 is 2.15 bits per heavy atom. The summed E-state index contributed by atoms with van der Waals surface area (Å²) in [5.74, 6) is 1.86. The molecule has 1 aromatic heterocycles. The summed E-state index contributed by atoms with van der Waals surface area (Å²) in [6.45, 7) is 5.97. The van der Waals surface area contributed by atoms with E-state index in [4.69, 9.17) is 4.42 Å². The van der Waals surface area contributed by atoms with Crippen molar-refractivity contribution in [2.24, 2.45) is 10.9 Å². The normalized spacial score (nSPS) is 17.5. The van der Waals surface area contributed by atoms with E-state index in [0.29, 0.717) is 6.54 Å². The number of carbonyl (C=O) groups excluding carboxylic acids is 1. The molecule has 142 valence electrons. The van der Waals surface area contributed by atoms with Crippen LogP contribution in [0.5, 0.6) is 0 Å². The van der Waals surface area contributed by atoms with Gasteiger partial charge >= 0.3 is 0 Å². The zero-order valence-electron chi connectivity index (χ0n) is 15.5. The van der Waals surface area contributed by atoms with Gasteiger partial charge in [-0.1, -0.05) is 32.0 Å². The molecule has 1 unspecified atom stereocenters. The van der Waals surface area contributed by atoms with Gasteiger partial charge in [0, 0.05) is 37.5 Å². The summed E-state index contributed by atoms with van der Waals surface area (Å²) in [5, 5.41) is 7.78. The minimum absolute atomic E-state index is 0. The van der Waals surface area contributed by atoms with Gasteiger partial charge in [0.05, 0.1) is 6.54 Å².